The predicted molar refractivity (Wildman–Crippen MR) is 145 cm³/mol. The van der Waals surface area contributed by atoms with Gasteiger partial charge in [0.2, 0.25) is 0 Å². The Hall–Kier alpha value is -3.97. The Balaban J connectivity index is 1.78. The van der Waals surface area contributed by atoms with Gasteiger partial charge in [-0.15, -0.1) is 0 Å². The molecule has 7 heteroatoms. The summed E-state index contributed by atoms with van der Waals surface area (Å²) >= 11 is 0. The second-order valence-electron chi connectivity index (χ2n) is 10.1. The summed E-state index contributed by atoms with van der Waals surface area (Å²) in [5.74, 6) is -0.549. The fraction of sp³-hybridized carbons (Fsp3) is 0.300. The highest BCUT2D eigenvalue weighted by molar-refractivity contribution is 6.11. The fourth-order valence-electron chi connectivity index (χ4n) is 5.33. The number of pyridine rings is 1. The van der Waals surface area contributed by atoms with Gasteiger partial charge in [0, 0.05) is 54.1 Å². The SMILES string of the molecule is CC(C)c1[nH]c2cc(C(=O)NN3CCCC3)c(Cc3cccnc3)c(Cc3ccccc3)c2c1C(N)=O. The highest BCUT2D eigenvalue weighted by Gasteiger charge is 2.27. The Labute approximate surface area is 217 Å². The van der Waals surface area contributed by atoms with Crippen LogP contribution in [0.1, 0.15) is 81.3 Å². The number of nitrogens with zero attached hydrogens (tertiary/aromatic N) is 2. The van der Waals surface area contributed by atoms with Crippen LogP contribution in [0.3, 0.4) is 0 Å². The summed E-state index contributed by atoms with van der Waals surface area (Å²) in [5, 5.41) is 2.79. The molecule has 0 bridgehead atoms. The number of fused-ring (bicyclic) bond motifs is 1. The predicted octanol–water partition coefficient (Wildman–Crippen LogP) is 4.71. The number of nitrogens with one attached hydrogen (secondary N) is 2. The molecule has 4 aromatic rings. The maximum atomic E-state index is 13.7. The molecule has 2 amide bonds. The van der Waals surface area contributed by atoms with Crippen molar-refractivity contribution in [1.82, 2.24) is 20.4 Å². The van der Waals surface area contributed by atoms with E-state index in [1.807, 2.05) is 61.5 Å². The molecule has 1 fully saturated rings. The van der Waals surface area contributed by atoms with Crippen molar-refractivity contribution in [2.45, 2.75) is 45.4 Å². The van der Waals surface area contributed by atoms with Crippen molar-refractivity contribution in [2.75, 3.05) is 13.1 Å². The normalized spacial score (nSPS) is 13.9. The molecule has 4 N–H and O–H groups in total. The fourth-order valence-corrected chi connectivity index (χ4v) is 5.33. The van der Waals surface area contributed by atoms with E-state index in [2.05, 4.69) is 27.5 Å². The van der Waals surface area contributed by atoms with Gasteiger partial charge in [-0.3, -0.25) is 20.0 Å². The number of nitrogens with two attached hydrogens (primary N) is 1. The number of rotatable bonds is 8. The minimum atomic E-state index is -0.467. The Morgan fingerprint density at radius 1 is 1.03 bits per heavy atom. The summed E-state index contributed by atoms with van der Waals surface area (Å²) in [7, 11) is 0. The average Bonchev–Trinajstić information content (AvgIpc) is 3.54. The summed E-state index contributed by atoms with van der Waals surface area (Å²) in [4.78, 5) is 34.3. The first-order valence-corrected chi connectivity index (χ1v) is 12.9. The van der Waals surface area contributed by atoms with Crippen molar-refractivity contribution in [3.05, 3.63) is 100.0 Å². The zero-order chi connectivity index (χ0) is 25.9. The van der Waals surface area contributed by atoms with E-state index in [0.29, 0.717) is 24.0 Å². The summed E-state index contributed by atoms with van der Waals surface area (Å²) in [6, 6.07) is 15.9. The molecule has 3 heterocycles. The molecule has 1 aliphatic heterocycles. The number of primary amides is 1. The molecule has 2 aromatic heterocycles. The van der Waals surface area contributed by atoms with Gasteiger partial charge in [-0.1, -0.05) is 50.2 Å². The number of aromatic nitrogens is 2. The Kier molecular flexibility index (Phi) is 7.06. The van der Waals surface area contributed by atoms with Crippen LogP contribution >= 0.6 is 0 Å². The van der Waals surface area contributed by atoms with E-state index in [1.54, 1.807) is 6.20 Å². The number of benzene rings is 2. The molecule has 1 saturated heterocycles. The van der Waals surface area contributed by atoms with Crippen molar-refractivity contribution in [2.24, 2.45) is 5.73 Å². The largest absolute Gasteiger partial charge is 0.366 e. The van der Waals surface area contributed by atoms with Crippen LogP contribution in [-0.4, -0.2) is 39.9 Å². The van der Waals surface area contributed by atoms with Gasteiger partial charge in [-0.25, -0.2) is 5.01 Å². The molecule has 7 nitrogen and oxygen atoms in total. The van der Waals surface area contributed by atoms with Crippen molar-refractivity contribution >= 4 is 22.7 Å². The molecular formula is C30H33N5O2. The quantitative estimate of drug-likeness (QED) is 0.329. The van der Waals surface area contributed by atoms with E-state index < -0.39 is 5.91 Å². The maximum Gasteiger partial charge on any atom is 0.265 e. The van der Waals surface area contributed by atoms with Gasteiger partial charge in [0.25, 0.3) is 11.8 Å². The lowest BCUT2D eigenvalue weighted by Gasteiger charge is -2.21. The van der Waals surface area contributed by atoms with Crippen LogP contribution in [0.4, 0.5) is 0 Å². The number of hydrogen-bond acceptors (Lipinski definition) is 4. The van der Waals surface area contributed by atoms with E-state index >= 15 is 0 Å². The first-order chi connectivity index (χ1) is 17.9. The van der Waals surface area contributed by atoms with E-state index in [0.717, 1.165) is 64.8 Å². The van der Waals surface area contributed by atoms with Gasteiger partial charge in [0.15, 0.2) is 0 Å². The smallest absolute Gasteiger partial charge is 0.265 e. The van der Waals surface area contributed by atoms with Crippen molar-refractivity contribution in [3.63, 3.8) is 0 Å². The van der Waals surface area contributed by atoms with Crippen LogP contribution in [-0.2, 0) is 12.8 Å². The van der Waals surface area contributed by atoms with Crippen molar-refractivity contribution in [1.29, 1.82) is 0 Å². The summed E-state index contributed by atoms with van der Waals surface area (Å²) in [5.41, 5.74) is 15.7. The minimum Gasteiger partial charge on any atom is -0.366 e. The monoisotopic (exact) mass is 495 g/mol. The van der Waals surface area contributed by atoms with E-state index in [1.165, 1.54) is 0 Å². The first-order valence-electron chi connectivity index (χ1n) is 12.9. The number of hydrogen-bond donors (Lipinski definition) is 3. The van der Waals surface area contributed by atoms with E-state index in [9.17, 15) is 9.59 Å². The molecule has 1 aliphatic rings. The van der Waals surface area contributed by atoms with Gasteiger partial charge in [-0.2, -0.15) is 0 Å². The van der Waals surface area contributed by atoms with Gasteiger partial charge in [0.1, 0.15) is 0 Å². The second kappa shape index (κ2) is 10.6. The lowest BCUT2D eigenvalue weighted by atomic mass is 9.87. The van der Waals surface area contributed by atoms with Crippen LogP contribution < -0.4 is 11.2 Å². The van der Waals surface area contributed by atoms with Gasteiger partial charge < -0.3 is 10.7 Å². The lowest BCUT2D eigenvalue weighted by Crippen LogP contribution is -2.40. The first kappa shape index (κ1) is 24.7. The second-order valence-corrected chi connectivity index (χ2v) is 10.1. The van der Waals surface area contributed by atoms with Gasteiger partial charge in [0.05, 0.1) is 5.56 Å². The molecule has 0 atom stereocenters. The average molecular weight is 496 g/mol. The van der Waals surface area contributed by atoms with E-state index in [-0.39, 0.29) is 11.8 Å². The minimum absolute atomic E-state index is 0.0584. The highest BCUT2D eigenvalue weighted by Crippen LogP contribution is 2.36. The van der Waals surface area contributed by atoms with Gasteiger partial charge in [-0.05, 0) is 59.6 Å². The summed E-state index contributed by atoms with van der Waals surface area (Å²) in [6.07, 6.45) is 6.77. The van der Waals surface area contributed by atoms with E-state index in [4.69, 9.17) is 5.73 Å². The van der Waals surface area contributed by atoms with Crippen molar-refractivity contribution < 1.29 is 9.59 Å². The molecule has 37 heavy (non-hydrogen) atoms. The molecule has 0 saturated carbocycles. The number of hydrazine groups is 1. The van der Waals surface area contributed by atoms with Crippen LogP contribution in [0.15, 0.2) is 60.9 Å². The third-order valence-corrected chi connectivity index (χ3v) is 7.10. The number of carbonyl (C=O) groups is 2. The molecular weight excluding hydrogens is 462 g/mol. The third-order valence-electron chi connectivity index (χ3n) is 7.10. The number of amides is 2. The lowest BCUT2D eigenvalue weighted by molar-refractivity contribution is 0.0824. The maximum absolute atomic E-state index is 13.7. The van der Waals surface area contributed by atoms with Crippen LogP contribution in [0, 0.1) is 0 Å². The zero-order valence-electron chi connectivity index (χ0n) is 21.4. The molecule has 0 unspecified atom stereocenters. The number of H-pyrrole nitrogens is 1. The van der Waals surface area contributed by atoms with Crippen LogP contribution in [0.25, 0.3) is 10.9 Å². The Bertz CT molecular complexity index is 1420. The number of aromatic amines is 1. The topological polar surface area (TPSA) is 104 Å². The Morgan fingerprint density at radius 2 is 1.73 bits per heavy atom. The summed E-state index contributed by atoms with van der Waals surface area (Å²) < 4.78 is 0. The Morgan fingerprint density at radius 3 is 2.38 bits per heavy atom. The molecule has 0 radical (unpaired) electrons. The van der Waals surface area contributed by atoms with Gasteiger partial charge >= 0.3 is 0 Å². The highest BCUT2D eigenvalue weighted by atomic mass is 16.2. The third kappa shape index (κ3) is 5.13. The molecule has 5 rings (SSSR count). The van der Waals surface area contributed by atoms with Crippen LogP contribution in [0.5, 0.6) is 0 Å². The molecule has 2 aromatic carbocycles. The zero-order valence-corrected chi connectivity index (χ0v) is 21.4. The van der Waals surface area contributed by atoms with Crippen molar-refractivity contribution in [3.8, 4) is 0 Å². The standard InChI is InChI=1S/C30H33N5O2/c1-19(2)28-27(29(31)36)26-23(15-20-9-4-3-5-10-20)22(16-21-11-8-12-32-18-21)24(17-25(26)33-28)30(37)34-35-13-6-7-14-35/h3-5,8-12,17-19,33H,6-7,13-16H2,1-2H3,(H2,31,36)(H,34,37). The summed E-state index contributed by atoms with van der Waals surface area (Å²) in [6.45, 7) is 5.75. The molecule has 0 spiro atoms. The number of carbonyl (C=O) groups excluding carboxylic acids is 2. The molecule has 0 aliphatic carbocycles. The molecule has 190 valence electrons. The van der Waals surface area contributed by atoms with Crippen LogP contribution in [0.2, 0.25) is 0 Å².